The number of sulfonamides is 1. The van der Waals surface area contributed by atoms with Gasteiger partial charge in [0.2, 0.25) is 15.9 Å². The number of benzene rings is 2. The standard InChI is InChI=1S/C20H26N2O3S/c1-4-17-8-5-6-9-19(17)21-20(23)10-7-15-22(26(3,24)25)18-13-11-16(2)12-14-18/h5-6,8-9,11-14H,4,7,10,15H2,1-3H3,(H,21,23). The van der Waals surface area contributed by atoms with E-state index in [-0.39, 0.29) is 18.9 Å². The zero-order valence-electron chi connectivity index (χ0n) is 15.5. The molecule has 0 spiro atoms. The van der Waals surface area contributed by atoms with Crippen molar-refractivity contribution in [2.75, 3.05) is 22.4 Å². The molecule has 6 heteroatoms. The lowest BCUT2D eigenvalue weighted by Gasteiger charge is -2.22. The Bertz CT molecular complexity index is 846. The van der Waals surface area contributed by atoms with Crippen LogP contribution in [-0.4, -0.2) is 27.1 Å². The smallest absolute Gasteiger partial charge is 0.232 e. The van der Waals surface area contributed by atoms with Gasteiger partial charge in [-0.2, -0.15) is 0 Å². The molecule has 0 aliphatic heterocycles. The normalized spacial score (nSPS) is 11.2. The summed E-state index contributed by atoms with van der Waals surface area (Å²) in [5, 5.41) is 2.91. The van der Waals surface area contributed by atoms with Gasteiger partial charge in [0.15, 0.2) is 0 Å². The van der Waals surface area contributed by atoms with Crippen molar-refractivity contribution in [1.82, 2.24) is 0 Å². The first-order valence-electron chi connectivity index (χ1n) is 8.73. The molecular weight excluding hydrogens is 348 g/mol. The number of para-hydroxylation sites is 1. The van der Waals surface area contributed by atoms with Crippen LogP contribution < -0.4 is 9.62 Å². The molecule has 0 radical (unpaired) electrons. The predicted molar refractivity (Wildman–Crippen MR) is 107 cm³/mol. The van der Waals surface area contributed by atoms with Gasteiger partial charge < -0.3 is 5.32 Å². The van der Waals surface area contributed by atoms with Crippen LogP contribution in [-0.2, 0) is 21.2 Å². The monoisotopic (exact) mass is 374 g/mol. The van der Waals surface area contributed by atoms with E-state index in [4.69, 9.17) is 0 Å². The topological polar surface area (TPSA) is 66.5 Å². The number of nitrogens with one attached hydrogen (secondary N) is 1. The lowest BCUT2D eigenvalue weighted by Crippen LogP contribution is -2.31. The Kier molecular flexibility index (Phi) is 6.80. The fourth-order valence-corrected chi connectivity index (χ4v) is 3.71. The van der Waals surface area contributed by atoms with Crippen molar-refractivity contribution >= 4 is 27.3 Å². The molecule has 0 saturated carbocycles. The van der Waals surface area contributed by atoms with Crippen molar-refractivity contribution in [2.45, 2.75) is 33.1 Å². The number of hydrogen-bond acceptors (Lipinski definition) is 3. The van der Waals surface area contributed by atoms with Gasteiger partial charge in [-0.1, -0.05) is 42.8 Å². The van der Waals surface area contributed by atoms with Gasteiger partial charge >= 0.3 is 0 Å². The summed E-state index contributed by atoms with van der Waals surface area (Å²) in [5.74, 6) is -0.108. The molecule has 0 saturated heterocycles. The molecule has 0 aliphatic rings. The number of nitrogens with zero attached hydrogens (tertiary/aromatic N) is 1. The molecule has 0 aromatic heterocycles. The number of aryl methyl sites for hydroxylation is 2. The Morgan fingerprint density at radius 2 is 1.73 bits per heavy atom. The summed E-state index contributed by atoms with van der Waals surface area (Å²) < 4.78 is 25.5. The quantitative estimate of drug-likeness (QED) is 0.765. The molecule has 1 amide bonds. The minimum absolute atomic E-state index is 0.108. The highest BCUT2D eigenvalue weighted by atomic mass is 32.2. The molecular formula is C20H26N2O3S. The zero-order valence-corrected chi connectivity index (χ0v) is 16.3. The van der Waals surface area contributed by atoms with E-state index in [1.54, 1.807) is 12.1 Å². The number of rotatable bonds is 8. The predicted octanol–water partition coefficient (Wildman–Crippen LogP) is 3.74. The van der Waals surface area contributed by atoms with Crippen LogP contribution in [0.2, 0.25) is 0 Å². The van der Waals surface area contributed by atoms with Crippen LogP contribution in [0.5, 0.6) is 0 Å². The van der Waals surface area contributed by atoms with E-state index >= 15 is 0 Å². The average molecular weight is 375 g/mol. The molecule has 1 N–H and O–H groups in total. The fraction of sp³-hybridized carbons (Fsp3) is 0.350. The average Bonchev–Trinajstić information content (AvgIpc) is 2.59. The molecule has 2 aromatic carbocycles. The second-order valence-electron chi connectivity index (χ2n) is 6.33. The van der Waals surface area contributed by atoms with Gasteiger partial charge in [-0.3, -0.25) is 9.10 Å². The first kappa shape index (κ1) is 20.0. The number of carbonyl (C=O) groups excluding carboxylic acids is 1. The number of carbonyl (C=O) groups is 1. The third-order valence-corrected chi connectivity index (χ3v) is 5.35. The van der Waals surface area contributed by atoms with E-state index in [1.807, 2.05) is 50.2 Å². The van der Waals surface area contributed by atoms with Crippen LogP contribution in [0.15, 0.2) is 48.5 Å². The van der Waals surface area contributed by atoms with Crippen molar-refractivity contribution < 1.29 is 13.2 Å². The minimum Gasteiger partial charge on any atom is -0.326 e. The fourth-order valence-electron chi connectivity index (χ4n) is 2.74. The number of hydrogen-bond donors (Lipinski definition) is 1. The zero-order chi connectivity index (χ0) is 19.2. The van der Waals surface area contributed by atoms with E-state index in [0.29, 0.717) is 12.1 Å². The van der Waals surface area contributed by atoms with E-state index in [1.165, 1.54) is 10.6 Å². The van der Waals surface area contributed by atoms with Gasteiger partial charge in [-0.05, 0) is 43.5 Å². The van der Waals surface area contributed by atoms with Crippen LogP contribution in [0, 0.1) is 6.92 Å². The molecule has 2 aromatic rings. The summed E-state index contributed by atoms with van der Waals surface area (Å²) in [7, 11) is -3.40. The first-order valence-corrected chi connectivity index (χ1v) is 10.6. The summed E-state index contributed by atoms with van der Waals surface area (Å²) in [6, 6.07) is 15.0. The molecule has 0 heterocycles. The summed E-state index contributed by atoms with van der Waals surface area (Å²) in [4.78, 5) is 12.2. The van der Waals surface area contributed by atoms with Crippen molar-refractivity contribution in [2.24, 2.45) is 0 Å². The Labute approximate surface area is 156 Å². The second kappa shape index (κ2) is 8.85. The van der Waals surface area contributed by atoms with Crippen LogP contribution >= 0.6 is 0 Å². The number of amides is 1. The van der Waals surface area contributed by atoms with Gasteiger partial charge in [-0.15, -0.1) is 0 Å². The van der Waals surface area contributed by atoms with Crippen molar-refractivity contribution in [1.29, 1.82) is 0 Å². The van der Waals surface area contributed by atoms with E-state index < -0.39 is 10.0 Å². The van der Waals surface area contributed by atoms with E-state index in [2.05, 4.69) is 5.32 Å². The van der Waals surface area contributed by atoms with Gasteiger partial charge in [0.25, 0.3) is 0 Å². The van der Waals surface area contributed by atoms with Crippen LogP contribution in [0.4, 0.5) is 11.4 Å². The SMILES string of the molecule is CCc1ccccc1NC(=O)CCCN(c1ccc(C)cc1)S(C)(=O)=O. The van der Waals surface area contributed by atoms with E-state index in [9.17, 15) is 13.2 Å². The van der Waals surface area contributed by atoms with Crippen LogP contribution in [0.1, 0.15) is 30.9 Å². The van der Waals surface area contributed by atoms with Gasteiger partial charge in [-0.25, -0.2) is 8.42 Å². The van der Waals surface area contributed by atoms with Crippen molar-refractivity contribution in [3.05, 3.63) is 59.7 Å². The third kappa shape index (κ3) is 5.59. The maximum Gasteiger partial charge on any atom is 0.232 e. The third-order valence-electron chi connectivity index (χ3n) is 4.16. The highest BCUT2D eigenvalue weighted by Gasteiger charge is 2.17. The van der Waals surface area contributed by atoms with Crippen molar-refractivity contribution in [3.63, 3.8) is 0 Å². The molecule has 5 nitrogen and oxygen atoms in total. The summed E-state index contributed by atoms with van der Waals surface area (Å²) >= 11 is 0. The minimum atomic E-state index is -3.40. The highest BCUT2D eigenvalue weighted by Crippen LogP contribution is 2.19. The van der Waals surface area contributed by atoms with Gasteiger partial charge in [0, 0.05) is 18.7 Å². The summed E-state index contributed by atoms with van der Waals surface area (Å²) in [5.41, 5.74) is 3.59. The Balaban J connectivity index is 1.97. The Hall–Kier alpha value is -2.34. The Morgan fingerprint density at radius 3 is 2.35 bits per heavy atom. The molecule has 0 fully saturated rings. The molecule has 2 rings (SSSR count). The largest absolute Gasteiger partial charge is 0.326 e. The Morgan fingerprint density at radius 1 is 1.08 bits per heavy atom. The van der Waals surface area contributed by atoms with Crippen molar-refractivity contribution in [3.8, 4) is 0 Å². The maximum atomic E-state index is 12.2. The molecule has 0 aliphatic carbocycles. The van der Waals surface area contributed by atoms with Gasteiger partial charge in [0.05, 0.1) is 11.9 Å². The second-order valence-corrected chi connectivity index (χ2v) is 8.24. The molecule has 140 valence electrons. The van der Waals surface area contributed by atoms with E-state index in [0.717, 1.165) is 23.2 Å². The molecule has 0 bridgehead atoms. The molecule has 26 heavy (non-hydrogen) atoms. The van der Waals surface area contributed by atoms with Gasteiger partial charge in [0.1, 0.15) is 0 Å². The molecule has 0 atom stereocenters. The maximum absolute atomic E-state index is 12.2. The summed E-state index contributed by atoms with van der Waals surface area (Å²) in [6.45, 7) is 4.26. The molecule has 0 unspecified atom stereocenters. The van der Waals surface area contributed by atoms with Crippen LogP contribution in [0.25, 0.3) is 0 Å². The highest BCUT2D eigenvalue weighted by molar-refractivity contribution is 7.92. The number of anilines is 2. The first-order chi connectivity index (χ1) is 12.3. The lowest BCUT2D eigenvalue weighted by atomic mass is 10.1. The lowest BCUT2D eigenvalue weighted by molar-refractivity contribution is -0.116. The summed E-state index contributed by atoms with van der Waals surface area (Å²) in [6.07, 6.45) is 2.73. The van der Waals surface area contributed by atoms with Crippen LogP contribution in [0.3, 0.4) is 0 Å².